The summed E-state index contributed by atoms with van der Waals surface area (Å²) >= 11 is 2.68. The summed E-state index contributed by atoms with van der Waals surface area (Å²) in [6, 6.07) is 4.85. The summed E-state index contributed by atoms with van der Waals surface area (Å²) in [6.07, 6.45) is 1.47. The molecule has 0 bridgehead atoms. The fraction of sp³-hybridized carbons (Fsp3) is 0.190. The van der Waals surface area contributed by atoms with Gasteiger partial charge in [0, 0.05) is 0 Å². The number of anilines is 1. The molecule has 3 amide bonds. The number of thioether (sulfide) groups is 1. The van der Waals surface area contributed by atoms with Crippen molar-refractivity contribution in [1.29, 1.82) is 0 Å². The fourth-order valence-electron chi connectivity index (χ4n) is 2.85. The number of halogens is 4. The number of ether oxygens (including phenoxy) is 2. The van der Waals surface area contributed by atoms with E-state index in [-0.39, 0.29) is 4.91 Å². The number of carbonyl (C=O) groups excluding carboxylic acids is 3. The number of benzene rings is 2. The predicted molar refractivity (Wildman–Crippen MR) is 125 cm³/mol. The lowest BCUT2D eigenvalue weighted by atomic mass is 10.2. The van der Waals surface area contributed by atoms with E-state index in [1.807, 2.05) is 12.2 Å². The van der Waals surface area contributed by atoms with Crippen molar-refractivity contribution in [3.05, 3.63) is 55.8 Å². The van der Waals surface area contributed by atoms with Crippen LogP contribution in [-0.2, 0) is 9.59 Å². The molecule has 12 heteroatoms. The molecule has 1 heterocycles. The highest BCUT2D eigenvalue weighted by atomic mass is 127. The van der Waals surface area contributed by atoms with Crippen molar-refractivity contribution < 1.29 is 37.0 Å². The second-order valence-electron chi connectivity index (χ2n) is 6.51. The van der Waals surface area contributed by atoms with E-state index >= 15 is 0 Å². The third-order valence-electron chi connectivity index (χ3n) is 4.32. The van der Waals surface area contributed by atoms with Gasteiger partial charge in [-0.3, -0.25) is 19.3 Å². The Labute approximate surface area is 204 Å². The zero-order valence-corrected chi connectivity index (χ0v) is 20.2. The quantitative estimate of drug-likeness (QED) is 0.283. The first-order valence-electron chi connectivity index (χ1n) is 9.35. The van der Waals surface area contributed by atoms with E-state index in [1.54, 1.807) is 12.1 Å². The number of carbonyl (C=O) groups is 3. The molecule has 7 nitrogen and oxygen atoms in total. The van der Waals surface area contributed by atoms with Crippen LogP contribution in [0.5, 0.6) is 11.5 Å². The van der Waals surface area contributed by atoms with Gasteiger partial charge in [-0.05, 0) is 77.2 Å². The smallest absolute Gasteiger partial charge is 0.294 e. The third-order valence-corrected chi connectivity index (χ3v) is 6.03. The van der Waals surface area contributed by atoms with Gasteiger partial charge in [0.05, 0.1) is 27.9 Å². The minimum absolute atomic E-state index is 0.0637. The molecule has 1 fully saturated rings. The van der Waals surface area contributed by atoms with Gasteiger partial charge in [0.15, 0.2) is 29.0 Å². The maximum absolute atomic E-state index is 13.8. The lowest BCUT2D eigenvalue weighted by molar-refractivity contribution is -0.127. The molecule has 0 spiro atoms. The monoisotopic (exact) mass is 592 g/mol. The van der Waals surface area contributed by atoms with E-state index in [2.05, 4.69) is 22.6 Å². The van der Waals surface area contributed by atoms with Gasteiger partial charge in [0.25, 0.3) is 11.1 Å². The Bertz CT molecular complexity index is 1180. The number of rotatable bonds is 7. The summed E-state index contributed by atoms with van der Waals surface area (Å²) in [5.41, 5.74) is -0.0454. The molecule has 0 atom stereocenters. The molecular formula is C21H16F3IN2O5S. The molecule has 0 aliphatic carbocycles. The first kappa shape index (κ1) is 24.9. The fourth-order valence-corrected chi connectivity index (χ4v) is 4.47. The molecule has 0 aromatic heterocycles. The van der Waals surface area contributed by atoms with Crippen molar-refractivity contribution in [2.24, 2.45) is 0 Å². The molecule has 0 unspecified atom stereocenters. The van der Waals surface area contributed by atoms with Crippen molar-refractivity contribution >= 4 is 63.2 Å². The van der Waals surface area contributed by atoms with E-state index in [4.69, 9.17) is 9.47 Å². The van der Waals surface area contributed by atoms with Gasteiger partial charge in [-0.2, -0.15) is 0 Å². The lowest BCUT2D eigenvalue weighted by Gasteiger charge is -2.13. The van der Waals surface area contributed by atoms with E-state index in [0.29, 0.717) is 46.4 Å². The summed E-state index contributed by atoms with van der Waals surface area (Å²) < 4.78 is 51.7. The average molecular weight is 592 g/mol. The van der Waals surface area contributed by atoms with E-state index in [9.17, 15) is 27.6 Å². The summed E-state index contributed by atoms with van der Waals surface area (Å²) in [6.45, 7) is 1.53. The molecule has 2 aromatic rings. The van der Waals surface area contributed by atoms with Crippen LogP contribution in [0.25, 0.3) is 6.08 Å². The van der Waals surface area contributed by atoms with Gasteiger partial charge < -0.3 is 14.8 Å². The maximum Gasteiger partial charge on any atom is 0.294 e. The highest BCUT2D eigenvalue weighted by molar-refractivity contribution is 14.1. The predicted octanol–water partition coefficient (Wildman–Crippen LogP) is 4.79. The number of methoxy groups -OCH3 is 1. The van der Waals surface area contributed by atoms with E-state index < -0.39 is 46.7 Å². The minimum Gasteiger partial charge on any atom is -0.493 e. The highest BCUT2D eigenvalue weighted by Crippen LogP contribution is 2.37. The first-order valence-corrected chi connectivity index (χ1v) is 11.2. The van der Waals surface area contributed by atoms with Gasteiger partial charge in [0.1, 0.15) is 6.54 Å². The Hall–Kier alpha value is -2.74. The molecule has 0 saturated carbocycles. The van der Waals surface area contributed by atoms with Crippen molar-refractivity contribution in [2.75, 3.05) is 25.6 Å². The topological polar surface area (TPSA) is 84.9 Å². The second-order valence-corrected chi connectivity index (χ2v) is 8.66. The third kappa shape index (κ3) is 5.43. The van der Waals surface area contributed by atoms with Crippen LogP contribution in [0.15, 0.2) is 29.2 Å². The number of nitrogens with one attached hydrogen (secondary N) is 1. The van der Waals surface area contributed by atoms with Crippen LogP contribution in [0, 0.1) is 21.0 Å². The Morgan fingerprint density at radius 3 is 2.61 bits per heavy atom. The molecule has 174 valence electrons. The highest BCUT2D eigenvalue weighted by Gasteiger charge is 2.36. The summed E-state index contributed by atoms with van der Waals surface area (Å²) in [4.78, 5) is 37.9. The Balaban J connectivity index is 1.77. The van der Waals surface area contributed by atoms with Crippen molar-refractivity contribution in [2.45, 2.75) is 6.92 Å². The molecular weight excluding hydrogens is 576 g/mol. The number of nitrogens with zero attached hydrogens (tertiary/aromatic N) is 1. The zero-order chi connectivity index (χ0) is 24.3. The number of hydrogen-bond donors (Lipinski definition) is 1. The average Bonchev–Trinajstić information content (AvgIpc) is 3.03. The molecule has 1 saturated heterocycles. The minimum atomic E-state index is -1.75. The van der Waals surface area contributed by atoms with Gasteiger partial charge in [-0.1, -0.05) is 0 Å². The van der Waals surface area contributed by atoms with Crippen LogP contribution < -0.4 is 14.8 Å². The largest absolute Gasteiger partial charge is 0.493 e. The maximum atomic E-state index is 13.8. The van der Waals surface area contributed by atoms with Crippen LogP contribution in [0.4, 0.5) is 23.7 Å². The lowest BCUT2D eigenvalue weighted by Crippen LogP contribution is -2.36. The molecule has 33 heavy (non-hydrogen) atoms. The Morgan fingerprint density at radius 2 is 1.94 bits per heavy atom. The van der Waals surface area contributed by atoms with Crippen LogP contribution in [0.1, 0.15) is 12.5 Å². The number of amides is 3. The molecule has 3 rings (SSSR count). The van der Waals surface area contributed by atoms with Gasteiger partial charge in [0.2, 0.25) is 5.91 Å². The van der Waals surface area contributed by atoms with Crippen LogP contribution in [0.3, 0.4) is 0 Å². The second kappa shape index (κ2) is 10.5. The van der Waals surface area contributed by atoms with E-state index in [1.165, 1.54) is 13.2 Å². The van der Waals surface area contributed by atoms with Gasteiger partial charge in [-0.15, -0.1) is 0 Å². The Morgan fingerprint density at radius 1 is 1.21 bits per heavy atom. The van der Waals surface area contributed by atoms with Gasteiger partial charge in [-0.25, -0.2) is 13.2 Å². The van der Waals surface area contributed by atoms with Crippen LogP contribution in [0.2, 0.25) is 0 Å². The Kier molecular flexibility index (Phi) is 7.89. The van der Waals surface area contributed by atoms with Gasteiger partial charge >= 0.3 is 0 Å². The molecule has 1 N–H and O–H groups in total. The molecule has 2 aromatic carbocycles. The van der Waals surface area contributed by atoms with E-state index in [0.717, 1.165) is 9.64 Å². The normalized spacial score (nSPS) is 14.7. The van der Waals surface area contributed by atoms with Crippen molar-refractivity contribution in [1.82, 2.24) is 4.90 Å². The van der Waals surface area contributed by atoms with Crippen molar-refractivity contribution in [3.8, 4) is 11.5 Å². The first-order chi connectivity index (χ1) is 15.7. The standard InChI is InChI=1S/C21H16F3IN2O5S/c1-3-32-19-12(25)6-10(7-14(19)31-2)8-15-20(29)27(21(30)33-15)9-16(28)26-13-5-4-11(22)17(23)18(13)24/h4-8H,3,9H2,1-2H3,(H,26,28)/b15-8+. The number of hydrogen-bond acceptors (Lipinski definition) is 6. The zero-order valence-electron chi connectivity index (χ0n) is 17.2. The molecule has 1 aliphatic rings. The number of imide groups is 1. The van der Waals surface area contributed by atoms with Crippen LogP contribution >= 0.6 is 34.4 Å². The SMILES string of the molecule is CCOc1c(I)cc(/C=C2/SC(=O)N(CC(=O)Nc3ccc(F)c(F)c3F)C2=O)cc1OC. The molecule has 0 radical (unpaired) electrons. The summed E-state index contributed by atoms with van der Waals surface area (Å²) in [5.74, 6) is -5.44. The molecule has 1 aliphatic heterocycles. The summed E-state index contributed by atoms with van der Waals surface area (Å²) in [5, 5.41) is 1.32. The van der Waals surface area contributed by atoms with Crippen LogP contribution in [-0.4, -0.2) is 42.2 Å². The van der Waals surface area contributed by atoms with Crippen molar-refractivity contribution in [3.63, 3.8) is 0 Å². The summed E-state index contributed by atoms with van der Waals surface area (Å²) in [7, 11) is 1.47.